The summed E-state index contributed by atoms with van der Waals surface area (Å²) in [5.74, 6) is 0.850. The van der Waals surface area contributed by atoms with Gasteiger partial charge in [0.05, 0.1) is 6.10 Å². The third-order valence-corrected chi connectivity index (χ3v) is 4.87. The van der Waals surface area contributed by atoms with Crippen LogP contribution in [-0.4, -0.2) is 11.2 Å². The zero-order valence-corrected chi connectivity index (χ0v) is 13.0. The summed E-state index contributed by atoms with van der Waals surface area (Å²) in [7, 11) is 0. The average Bonchev–Trinajstić information content (AvgIpc) is 2.43. The van der Waals surface area contributed by atoms with Gasteiger partial charge in [0.15, 0.2) is 0 Å². The lowest BCUT2D eigenvalue weighted by Gasteiger charge is -2.31. The number of hydrogen-bond acceptors (Lipinski definition) is 1. The average molecular weight is 329 g/mol. The SMILES string of the molecule is CCC1CCCC(C(O)Cc2cc(Br)ccc2F)C1. The van der Waals surface area contributed by atoms with E-state index in [-0.39, 0.29) is 5.82 Å². The van der Waals surface area contributed by atoms with Crippen LogP contribution in [0.25, 0.3) is 0 Å². The maximum absolute atomic E-state index is 13.7. The summed E-state index contributed by atoms with van der Waals surface area (Å²) in [5, 5.41) is 10.4. The molecule has 1 aliphatic rings. The van der Waals surface area contributed by atoms with Gasteiger partial charge in [-0.1, -0.05) is 42.1 Å². The van der Waals surface area contributed by atoms with Crippen molar-refractivity contribution in [1.29, 1.82) is 0 Å². The van der Waals surface area contributed by atoms with Crippen LogP contribution in [0.2, 0.25) is 0 Å². The lowest BCUT2D eigenvalue weighted by atomic mass is 9.76. The molecule has 1 N–H and O–H groups in total. The number of rotatable bonds is 4. The molecule has 1 aromatic rings. The van der Waals surface area contributed by atoms with Gasteiger partial charge < -0.3 is 5.11 Å². The van der Waals surface area contributed by atoms with E-state index in [1.807, 2.05) is 0 Å². The minimum atomic E-state index is -0.418. The predicted octanol–water partition coefficient (Wildman–Crippen LogP) is 4.71. The van der Waals surface area contributed by atoms with E-state index in [0.717, 1.165) is 23.2 Å². The fourth-order valence-electron chi connectivity index (χ4n) is 3.14. The topological polar surface area (TPSA) is 20.2 Å². The molecular formula is C16H22BrFO. The van der Waals surface area contributed by atoms with Gasteiger partial charge in [0.2, 0.25) is 0 Å². The van der Waals surface area contributed by atoms with Gasteiger partial charge in [-0.15, -0.1) is 0 Å². The minimum Gasteiger partial charge on any atom is -0.392 e. The van der Waals surface area contributed by atoms with Crippen molar-refractivity contribution in [3.05, 3.63) is 34.1 Å². The third kappa shape index (κ3) is 4.03. The summed E-state index contributed by atoms with van der Waals surface area (Å²) >= 11 is 3.35. The normalized spacial score (nSPS) is 25.3. The van der Waals surface area contributed by atoms with E-state index in [1.54, 1.807) is 12.1 Å². The Balaban J connectivity index is 2.00. The lowest BCUT2D eigenvalue weighted by Crippen LogP contribution is -2.28. The van der Waals surface area contributed by atoms with E-state index in [2.05, 4.69) is 22.9 Å². The summed E-state index contributed by atoms with van der Waals surface area (Å²) in [6.07, 6.45) is 5.84. The van der Waals surface area contributed by atoms with Gasteiger partial charge in [-0.2, -0.15) is 0 Å². The summed E-state index contributed by atoms with van der Waals surface area (Å²) in [4.78, 5) is 0. The van der Waals surface area contributed by atoms with Crippen LogP contribution in [0.1, 0.15) is 44.6 Å². The molecule has 3 unspecified atom stereocenters. The smallest absolute Gasteiger partial charge is 0.126 e. The Labute approximate surface area is 123 Å². The van der Waals surface area contributed by atoms with Crippen LogP contribution in [0.4, 0.5) is 4.39 Å². The van der Waals surface area contributed by atoms with Crippen LogP contribution in [0.15, 0.2) is 22.7 Å². The van der Waals surface area contributed by atoms with Gasteiger partial charge >= 0.3 is 0 Å². The molecule has 1 saturated carbocycles. The summed E-state index contributed by atoms with van der Waals surface area (Å²) in [6.45, 7) is 2.22. The van der Waals surface area contributed by atoms with Crippen molar-refractivity contribution in [1.82, 2.24) is 0 Å². The molecular weight excluding hydrogens is 307 g/mol. The highest BCUT2D eigenvalue weighted by Crippen LogP contribution is 2.34. The van der Waals surface area contributed by atoms with E-state index in [1.165, 1.54) is 25.3 Å². The number of hydrogen-bond donors (Lipinski definition) is 1. The molecule has 3 atom stereocenters. The number of aliphatic hydroxyl groups excluding tert-OH is 1. The molecule has 0 amide bonds. The quantitative estimate of drug-likeness (QED) is 0.848. The zero-order valence-electron chi connectivity index (χ0n) is 11.4. The molecule has 1 fully saturated rings. The van der Waals surface area contributed by atoms with E-state index >= 15 is 0 Å². The molecule has 0 radical (unpaired) electrons. The van der Waals surface area contributed by atoms with Crippen LogP contribution in [0.5, 0.6) is 0 Å². The summed E-state index contributed by atoms with van der Waals surface area (Å²) in [6, 6.07) is 4.93. The van der Waals surface area contributed by atoms with Crippen molar-refractivity contribution in [2.45, 2.75) is 51.6 Å². The van der Waals surface area contributed by atoms with Crippen LogP contribution in [0.3, 0.4) is 0 Å². The molecule has 1 nitrogen and oxygen atoms in total. The van der Waals surface area contributed by atoms with Crippen molar-refractivity contribution < 1.29 is 9.50 Å². The molecule has 1 aromatic carbocycles. The molecule has 106 valence electrons. The second kappa shape index (κ2) is 6.85. The van der Waals surface area contributed by atoms with E-state index in [4.69, 9.17) is 0 Å². The molecule has 19 heavy (non-hydrogen) atoms. The maximum atomic E-state index is 13.7. The molecule has 2 rings (SSSR count). The molecule has 0 bridgehead atoms. The Kier molecular flexibility index (Phi) is 5.40. The number of benzene rings is 1. The highest BCUT2D eigenvalue weighted by molar-refractivity contribution is 9.10. The fourth-order valence-corrected chi connectivity index (χ4v) is 3.55. The maximum Gasteiger partial charge on any atom is 0.126 e. The van der Waals surface area contributed by atoms with E-state index in [0.29, 0.717) is 17.9 Å². The van der Waals surface area contributed by atoms with Crippen molar-refractivity contribution in [3.8, 4) is 0 Å². The lowest BCUT2D eigenvalue weighted by molar-refractivity contribution is 0.0678. The van der Waals surface area contributed by atoms with Crippen molar-refractivity contribution in [2.24, 2.45) is 11.8 Å². The number of aliphatic hydroxyl groups is 1. The molecule has 0 aliphatic heterocycles. The minimum absolute atomic E-state index is 0.217. The van der Waals surface area contributed by atoms with Gasteiger partial charge in [0, 0.05) is 10.9 Å². The highest BCUT2D eigenvalue weighted by atomic mass is 79.9. The third-order valence-electron chi connectivity index (χ3n) is 4.38. The summed E-state index contributed by atoms with van der Waals surface area (Å²) < 4.78 is 14.6. The second-order valence-electron chi connectivity index (χ2n) is 5.71. The van der Waals surface area contributed by atoms with E-state index in [9.17, 15) is 9.50 Å². The Morgan fingerprint density at radius 1 is 1.42 bits per heavy atom. The van der Waals surface area contributed by atoms with Crippen molar-refractivity contribution >= 4 is 15.9 Å². The summed E-state index contributed by atoms with van der Waals surface area (Å²) in [5.41, 5.74) is 0.612. The molecule has 0 aromatic heterocycles. The second-order valence-corrected chi connectivity index (χ2v) is 6.62. The van der Waals surface area contributed by atoms with Crippen LogP contribution in [0, 0.1) is 17.7 Å². The molecule has 1 aliphatic carbocycles. The van der Waals surface area contributed by atoms with Crippen molar-refractivity contribution in [3.63, 3.8) is 0 Å². The standard InChI is InChI=1S/C16H22BrFO/c1-2-11-4-3-5-12(8-11)16(19)10-13-9-14(17)6-7-15(13)18/h6-7,9,11-12,16,19H,2-5,8,10H2,1H3. The molecule has 0 spiro atoms. The van der Waals surface area contributed by atoms with Crippen LogP contribution in [-0.2, 0) is 6.42 Å². The fraction of sp³-hybridized carbons (Fsp3) is 0.625. The van der Waals surface area contributed by atoms with Gasteiger partial charge in [-0.3, -0.25) is 0 Å². The Hall–Kier alpha value is -0.410. The van der Waals surface area contributed by atoms with Crippen LogP contribution >= 0.6 is 15.9 Å². The first kappa shape index (κ1) is 15.0. The van der Waals surface area contributed by atoms with Crippen molar-refractivity contribution in [2.75, 3.05) is 0 Å². The molecule has 0 heterocycles. The van der Waals surface area contributed by atoms with Gasteiger partial charge in [0.25, 0.3) is 0 Å². The Bertz CT molecular complexity index is 421. The first-order valence-corrected chi connectivity index (χ1v) is 8.01. The molecule has 0 saturated heterocycles. The zero-order chi connectivity index (χ0) is 13.8. The van der Waals surface area contributed by atoms with Gasteiger partial charge in [-0.05, 0) is 48.4 Å². The monoisotopic (exact) mass is 328 g/mol. The Morgan fingerprint density at radius 3 is 2.95 bits per heavy atom. The largest absolute Gasteiger partial charge is 0.392 e. The molecule has 3 heteroatoms. The van der Waals surface area contributed by atoms with E-state index < -0.39 is 6.10 Å². The van der Waals surface area contributed by atoms with Gasteiger partial charge in [0.1, 0.15) is 5.82 Å². The number of halogens is 2. The highest BCUT2D eigenvalue weighted by Gasteiger charge is 2.27. The first-order valence-electron chi connectivity index (χ1n) is 7.22. The Morgan fingerprint density at radius 2 is 2.21 bits per heavy atom. The van der Waals surface area contributed by atoms with Crippen LogP contribution < -0.4 is 0 Å². The van der Waals surface area contributed by atoms with Gasteiger partial charge in [-0.25, -0.2) is 4.39 Å². The predicted molar refractivity (Wildman–Crippen MR) is 79.5 cm³/mol. The first-order chi connectivity index (χ1) is 9.10.